The average molecular weight is 654 g/mol. The van der Waals surface area contributed by atoms with Crippen molar-refractivity contribution in [3.63, 3.8) is 0 Å². The van der Waals surface area contributed by atoms with E-state index in [-0.39, 0.29) is 66.5 Å². The first-order valence-electron chi connectivity index (χ1n) is 23.7. The smallest absolute Gasteiger partial charge is 0.145 e. The summed E-state index contributed by atoms with van der Waals surface area (Å²) < 4.78 is 139. The van der Waals surface area contributed by atoms with Gasteiger partial charge in [0, 0.05) is 16.7 Å². The third-order valence-electron chi connectivity index (χ3n) is 9.63. The maximum atomic E-state index is 9.91. The molecule has 9 aromatic rings. The summed E-state index contributed by atoms with van der Waals surface area (Å²) in [6, 6.07) is 15.9. The fraction of sp³-hybridized carbons (Fsp3) is 0.0625. The predicted octanol–water partition coefficient (Wildman–Crippen LogP) is 12.6. The van der Waals surface area contributed by atoms with Gasteiger partial charge >= 0.3 is 0 Å². The molecule has 1 aliphatic carbocycles. The first-order chi connectivity index (χ1) is 30.8. The van der Waals surface area contributed by atoms with Gasteiger partial charge in [0.25, 0.3) is 0 Å². The molecule has 0 atom stereocenters. The molecular weight excluding hydrogens is 605 g/mol. The van der Waals surface area contributed by atoms with Gasteiger partial charge in [-0.05, 0) is 96.4 Å². The molecule has 0 fully saturated rings. The van der Waals surface area contributed by atoms with Gasteiger partial charge in [0.15, 0.2) is 0 Å². The Hall–Kier alpha value is -6.25. The van der Waals surface area contributed by atoms with Crippen LogP contribution in [0.15, 0.2) is 169 Å². The van der Waals surface area contributed by atoms with E-state index in [0.29, 0.717) is 17.1 Å². The van der Waals surface area contributed by atoms with E-state index in [0.717, 1.165) is 16.6 Å². The molecule has 1 heterocycles. The number of hydrogen-bond acceptors (Lipinski definition) is 1. The second-order valence-corrected chi connectivity index (χ2v) is 12.8. The number of aromatic nitrogens is 2. The Morgan fingerprint density at radius 3 is 1.80 bits per heavy atom. The molecule has 0 unspecified atom stereocenters. The predicted molar refractivity (Wildman–Crippen MR) is 210 cm³/mol. The van der Waals surface area contributed by atoms with Crippen LogP contribution in [0.5, 0.6) is 0 Å². The number of nitrogens with zero attached hydrogens (tertiary/aromatic N) is 2. The van der Waals surface area contributed by atoms with Gasteiger partial charge in [0.1, 0.15) is 5.82 Å². The third kappa shape index (κ3) is 4.18. The fourth-order valence-electron chi connectivity index (χ4n) is 7.29. The first-order valence-corrected chi connectivity index (χ1v) is 16.2. The van der Waals surface area contributed by atoms with Gasteiger partial charge in [0.05, 0.1) is 31.6 Å². The molecular formula is C48H34N2. The van der Waals surface area contributed by atoms with Gasteiger partial charge in [-0.1, -0.05) is 153 Å². The lowest BCUT2D eigenvalue weighted by molar-refractivity contribution is 0.660. The summed E-state index contributed by atoms with van der Waals surface area (Å²) in [7, 11) is 0. The van der Waals surface area contributed by atoms with Gasteiger partial charge in [0.2, 0.25) is 0 Å². The number of hydrogen-bond donors (Lipinski definition) is 0. The zero-order valence-corrected chi connectivity index (χ0v) is 26.9. The zero-order valence-electron chi connectivity index (χ0n) is 41.9. The molecule has 0 saturated carbocycles. The van der Waals surface area contributed by atoms with E-state index in [1.807, 2.05) is 59.2 Å². The van der Waals surface area contributed by atoms with Crippen molar-refractivity contribution in [3.05, 3.63) is 181 Å². The molecule has 0 amide bonds. The van der Waals surface area contributed by atoms with Crippen LogP contribution in [-0.4, -0.2) is 9.55 Å². The third-order valence-corrected chi connectivity index (χ3v) is 9.63. The second-order valence-electron chi connectivity index (χ2n) is 12.8. The van der Waals surface area contributed by atoms with E-state index >= 15 is 0 Å². The van der Waals surface area contributed by atoms with Crippen molar-refractivity contribution in [1.82, 2.24) is 9.55 Å². The van der Waals surface area contributed by atoms with E-state index < -0.39 is 90.0 Å². The highest BCUT2D eigenvalue weighted by molar-refractivity contribution is 6.21. The van der Waals surface area contributed by atoms with Crippen LogP contribution < -0.4 is 0 Å². The molecule has 2 nitrogen and oxygen atoms in total. The Labute approximate surface area is 313 Å². The van der Waals surface area contributed by atoms with Gasteiger partial charge in [-0.25, -0.2) is 4.98 Å². The van der Waals surface area contributed by atoms with Crippen LogP contribution in [-0.2, 0) is 5.41 Å². The number of rotatable bonds is 4. The molecule has 8 aromatic carbocycles. The van der Waals surface area contributed by atoms with Crippen LogP contribution in [0.2, 0.25) is 0 Å². The lowest BCUT2D eigenvalue weighted by atomic mass is 9.80. The molecule has 0 radical (unpaired) electrons. The zero-order chi connectivity index (χ0) is 46.5. The molecule has 0 spiro atoms. The minimum Gasteiger partial charge on any atom is -0.292 e. The number of imidazole rings is 1. The summed E-state index contributed by atoms with van der Waals surface area (Å²) in [5.41, 5.74) is 1.62. The number of fused-ring (bicyclic) bond motifs is 6. The highest BCUT2D eigenvalue weighted by Gasteiger charge is 2.35. The van der Waals surface area contributed by atoms with E-state index in [9.17, 15) is 9.60 Å². The minimum absolute atomic E-state index is 0.0218. The normalized spacial score (nSPS) is 17.4. The molecule has 1 aromatic heterocycles. The first kappa shape index (κ1) is 17.4. The van der Waals surface area contributed by atoms with Crippen molar-refractivity contribution in [2.24, 2.45) is 0 Å². The van der Waals surface area contributed by atoms with Crippen molar-refractivity contribution in [2.75, 3.05) is 0 Å². The molecule has 0 bridgehead atoms. The summed E-state index contributed by atoms with van der Waals surface area (Å²) in [5.74, 6) is 0.660. The monoisotopic (exact) mass is 653 g/mol. The molecule has 236 valence electrons. The van der Waals surface area contributed by atoms with E-state index in [4.69, 9.17) is 16.0 Å². The summed E-state index contributed by atoms with van der Waals surface area (Å²) in [5, 5.41) is -0.749. The quantitative estimate of drug-likeness (QED) is 0.173. The lowest BCUT2D eigenvalue weighted by Gasteiger charge is -2.23. The molecule has 0 aliphatic heterocycles. The number of benzene rings is 8. The van der Waals surface area contributed by atoms with Crippen molar-refractivity contribution in [1.29, 1.82) is 0 Å². The Morgan fingerprint density at radius 2 is 1.10 bits per heavy atom. The summed E-state index contributed by atoms with van der Waals surface area (Å²) in [4.78, 5) is 4.93. The fourth-order valence-corrected chi connectivity index (χ4v) is 7.29. The second kappa shape index (κ2) is 10.9. The highest BCUT2D eigenvalue weighted by Crippen LogP contribution is 2.51. The van der Waals surface area contributed by atoms with Gasteiger partial charge in [-0.2, -0.15) is 0 Å². The average Bonchev–Trinajstić information content (AvgIpc) is 3.81. The summed E-state index contributed by atoms with van der Waals surface area (Å²) in [6.07, 6.45) is 0. The molecule has 0 saturated heterocycles. The van der Waals surface area contributed by atoms with Gasteiger partial charge in [-0.15, -0.1) is 0 Å². The standard InChI is InChI=1S/C48H34N2/c1-48(2)41-21-11-10-16-35(41)36-29-26-33(30-42(36)48)46-39-19-8-6-17-37(39)45(38-18-7-9-20-40(38)46)31-24-27-34(28-25-31)50-44-23-13-12-22-43(44)49-47(50)32-14-4-3-5-15-32/h3-30H,1-2H3/i6D,7D,8D,9D,10D,11D,16D,17D,18D,19D,20D,21D,26D,29D,30D. The molecule has 1 aliphatic rings. The van der Waals surface area contributed by atoms with Crippen molar-refractivity contribution >= 4 is 32.6 Å². The van der Waals surface area contributed by atoms with Crippen molar-refractivity contribution in [3.8, 4) is 50.5 Å². The lowest BCUT2D eigenvalue weighted by Crippen LogP contribution is -2.14. The molecule has 50 heavy (non-hydrogen) atoms. The van der Waals surface area contributed by atoms with Gasteiger partial charge in [-0.3, -0.25) is 4.57 Å². The van der Waals surface area contributed by atoms with Crippen LogP contribution in [0.25, 0.3) is 83.0 Å². The SMILES string of the molecule is [2H]c1c([2H])c([2H])c2c(c1[2H])-c1c([2H])c([2H])c(-c3c4c([2H])c([2H])c([2H])c([2H])c4c(-c4ccc(-n5c(-c6ccccc6)nc6ccccc65)cc4)c4c([2H])c([2H])c([2H])c([2H])c34)c([2H])c1C2(C)C. The Kier molecular flexibility index (Phi) is 3.79. The minimum atomic E-state index is -1.36. The van der Waals surface area contributed by atoms with Crippen LogP contribution in [0.4, 0.5) is 0 Å². The van der Waals surface area contributed by atoms with Crippen LogP contribution in [0.1, 0.15) is 45.5 Å². The maximum absolute atomic E-state index is 9.91. The van der Waals surface area contributed by atoms with E-state index in [1.165, 1.54) is 0 Å². The van der Waals surface area contributed by atoms with E-state index in [2.05, 4.69) is 0 Å². The van der Waals surface area contributed by atoms with Crippen LogP contribution in [0.3, 0.4) is 0 Å². The largest absolute Gasteiger partial charge is 0.292 e. The Morgan fingerprint density at radius 1 is 0.520 bits per heavy atom. The molecule has 10 rings (SSSR count). The molecule has 2 heteroatoms. The Bertz CT molecular complexity index is 3540. The van der Waals surface area contributed by atoms with E-state index in [1.54, 1.807) is 38.1 Å². The van der Waals surface area contributed by atoms with Crippen molar-refractivity contribution in [2.45, 2.75) is 19.3 Å². The van der Waals surface area contributed by atoms with Crippen LogP contribution in [0, 0.1) is 0 Å². The number of para-hydroxylation sites is 2. The van der Waals surface area contributed by atoms with Crippen LogP contribution >= 0.6 is 0 Å². The maximum Gasteiger partial charge on any atom is 0.145 e. The summed E-state index contributed by atoms with van der Waals surface area (Å²) in [6.45, 7) is 3.28. The summed E-state index contributed by atoms with van der Waals surface area (Å²) >= 11 is 0. The Balaban J connectivity index is 1.35. The van der Waals surface area contributed by atoms with Gasteiger partial charge < -0.3 is 0 Å². The highest BCUT2D eigenvalue weighted by atomic mass is 15.1. The molecule has 0 N–H and O–H groups in total. The topological polar surface area (TPSA) is 17.8 Å². The van der Waals surface area contributed by atoms with Crippen molar-refractivity contribution < 1.29 is 20.6 Å².